The van der Waals surface area contributed by atoms with Crippen molar-refractivity contribution in [2.75, 3.05) is 26.2 Å². The second-order valence-corrected chi connectivity index (χ2v) is 5.02. The van der Waals surface area contributed by atoms with Gasteiger partial charge in [-0.05, 0) is 25.8 Å². The first-order valence-corrected chi connectivity index (χ1v) is 6.53. The maximum Gasteiger partial charge on any atom is 0.322 e. The van der Waals surface area contributed by atoms with E-state index in [1.165, 1.54) is 0 Å². The lowest BCUT2D eigenvalue weighted by Gasteiger charge is -2.33. The van der Waals surface area contributed by atoms with Gasteiger partial charge in [0.15, 0.2) is 0 Å². The number of ether oxygens (including phenoxy) is 1. The molecule has 2 heterocycles. The molecule has 0 aromatic rings. The van der Waals surface area contributed by atoms with Gasteiger partial charge in [0, 0.05) is 19.6 Å². The van der Waals surface area contributed by atoms with Crippen LogP contribution < -0.4 is 5.32 Å². The van der Waals surface area contributed by atoms with Gasteiger partial charge in [-0.2, -0.15) is 0 Å². The fourth-order valence-corrected chi connectivity index (χ4v) is 2.65. The van der Waals surface area contributed by atoms with Gasteiger partial charge in [-0.25, -0.2) is 0 Å². The Kier molecular flexibility index (Phi) is 4.36. The summed E-state index contributed by atoms with van der Waals surface area (Å²) in [6, 6.07) is -0.451. The van der Waals surface area contributed by atoms with Gasteiger partial charge in [0.1, 0.15) is 6.04 Å². The van der Waals surface area contributed by atoms with Crippen LogP contribution >= 0.6 is 0 Å². The lowest BCUT2D eigenvalue weighted by molar-refractivity contribution is -0.140. The maximum atomic E-state index is 11.1. The van der Waals surface area contributed by atoms with Crippen molar-refractivity contribution in [1.82, 2.24) is 10.2 Å². The molecular weight excluding hydrogens is 220 g/mol. The molecule has 3 atom stereocenters. The Bertz CT molecular complexity index is 260. The summed E-state index contributed by atoms with van der Waals surface area (Å²) in [5.41, 5.74) is 0. The van der Waals surface area contributed by atoms with Crippen molar-refractivity contribution in [3.05, 3.63) is 0 Å². The Morgan fingerprint density at radius 3 is 2.65 bits per heavy atom. The summed E-state index contributed by atoms with van der Waals surface area (Å²) in [4.78, 5) is 13.4. The molecule has 0 aliphatic carbocycles. The SMILES string of the molecule is CCCNC(CN1CC2CCC(C1)O2)C(=O)O. The van der Waals surface area contributed by atoms with Crippen LogP contribution in [-0.2, 0) is 9.53 Å². The zero-order valence-corrected chi connectivity index (χ0v) is 10.4. The van der Waals surface area contributed by atoms with E-state index in [0.29, 0.717) is 18.8 Å². The number of nitrogens with one attached hydrogen (secondary N) is 1. The summed E-state index contributed by atoms with van der Waals surface area (Å²) in [6.45, 7) is 5.16. The van der Waals surface area contributed by atoms with Gasteiger partial charge >= 0.3 is 5.97 Å². The van der Waals surface area contributed by atoms with Crippen LogP contribution in [0.15, 0.2) is 0 Å². The summed E-state index contributed by atoms with van der Waals surface area (Å²) in [6.07, 6.45) is 3.87. The van der Waals surface area contributed by atoms with Crippen molar-refractivity contribution in [3.8, 4) is 0 Å². The quantitative estimate of drug-likeness (QED) is 0.701. The van der Waals surface area contributed by atoms with E-state index < -0.39 is 12.0 Å². The van der Waals surface area contributed by atoms with Gasteiger partial charge in [-0.1, -0.05) is 6.92 Å². The summed E-state index contributed by atoms with van der Waals surface area (Å²) in [5, 5.41) is 12.2. The Labute approximate surface area is 102 Å². The number of carboxylic acid groups (broad SMARTS) is 1. The zero-order valence-electron chi connectivity index (χ0n) is 10.4. The van der Waals surface area contributed by atoms with Crippen molar-refractivity contribution in [2.45, 2.75) is 44.4 Å². The monoisotopic (exact) mass is 242 g/mol. The first kappa shape index (κ1) is 12.8. The van der Waals surface area contributed by atoms with Crippen LogP contribution in [0.2, 0.25) is 0 Å². The van der Waals surface area contributed by atoms with Gasteiger partial charge in [-0.15, -0.1) is 0 Å². The normalized spacial score (nSPS) is 30.4. The molecule has 3 unspecified atom stereocenters. The largest absolute Gasteiger partial charge is 0.480 e. The van der Waals surface area contributed by atoms with E-state index in [1.54, 1.807) is 0 Å². The Balaban J connectivity index is 1.83. The van der Waals surface area contributed by atoms with Crippen LogP contribution in [0.4, 0.5) is 0 Å². The van der Waals surface area contributed by atoms with E-state index in [9.17, 15) is 4.79 Å². The average molecular weight is 242 g/mol. The number of aliphatic carboxylic acids is 1. The van der Waals surface area contributed by atoms with Crippen molar-refractivity contribution >= 4 is 5.97 Å². The standard InChI is InChI=1S/C12H22N2O3/c1-2-5-13-11(12(15)16)8-14-6-9-3-4-10(7-14)17-9/h9-11,13H,2-8H2,1H3,(H,15,16). The molecule has 0 radical (unpaired) electrons. The Morgan fingerprint density at radius 2 is 2.12 bits per heavy atom. The minimum absolute atomic E-state index is 0.328. The number of carbonyl (C=O) groups is 1. The lowest BCUT2D eigenvalue weighted by Crippen LogP contribution is -2.51. The summed E-state index contributed by atoms with van der Waals surface area (Å²) < 4.78 is 5.74. The summed E-state index contributed by atoms with van der Waals surface area (Å²) >= 11 is 0. The number of hydrogen-bond donors (Lipinski definition) is 2. The van der Waals surface area contributed by atoms with Gasteiger partial charge in [0.2, 0.25) is 0 Å². The van der Waals surface area contributed by atoms with Crippen molar-refractivity contribution in [1.29, 1.82) is 0 Å². The molecule has 2 N–H and O–H groups in total. The van der Waals surface area contributed by atoms with Crippen LogP contribution in [0.5, 0.6) is 0 Å². The van der Waals surface area contributed by atoms with Crippen LogP contribution in [0.3, 0.4) is 0 Å². The third kappa shape index (κ3) is 3.40. The highest BCUT2D eigenvalue weighted by Gasteiger charge is 2.35. The Hall–Kier alpha value is -0.650. The van der Waals surface area contributed by atoms with Crippen LogP contribution in [0.1, 0.15) is 26.2 Å². The van der Waals surface area contributed by atoms with Gasteiger partial charge in [0.05, 0.1) is 12.2 Å². The second kappa shape index (κ2) is 5.80. The molecule has 98 valence electrons. The maximum absolute atomic E-state index is 11.1. The number of nitrogens with zero attached hydrogens (tertiary/aromatic N) is 1. The molecule has 0 aromatic heterocycles. The summed E-state index contributed by atoms with van der Waals surface area (Å²) in [7, 11) is 0. The number of fused-ring (bicyclic) bond motifs is 2. The van der Waals surface area contributed by atoms with Crippen molar-refractivity contribution < 1.29 is 14.6 Å². The van der Waals surface area contributed by atoms with Crippen LogP contribution in [-0.4, -0.2) is 60.4 Å². The number of rotatable bonds is 6. The Morgan fingerprint density at radius 1 is 1.47 bits per heavy atom. The molecular formula is C12H22N2O3. The van der Waals surface area contributed by atoms with Crippen LogP contribution in [0.25, 0.3) is 0 Å². The van der Waals surface area contributed by atoms with E-state index in [4.69, 9.17) is 9.84 Å². The molecule has 2 saturated heterocycles. The second-order valence-electron chi connectivity index (χ2n) is 5.02. The fourth-order valence-electron chi connectivity index (χ4n) is 2.65. The number of carboxylic acids is 1. The topological polar surface area (TPSA) is 61.8 Å². The van der Waals surface area contributed by atoms with E-state index >= 15 is 0 Å². The molecule has 5 nitrogen and oxygen atoms in total. The minimum atomic E-state index is -0.753. The first-order valence-electron chi connectivity index (χ1n) is 6.53. The molecule has 0 saturated carbocycles. The zero-order chi connectivity index (χ0) is 12.3. The predicted molar refractivity (Wildman–Crippen MR) is 64.1 cm³/mol. The number of hydrogen-bond acceptors (Lipinski definition) is 4. The lowest BCUT2D eigenvalue weighted by atomic mass is 10.2. The minimum Gasteiger partial charge on any atom is -0.480 e. The highest BCUT2D eigenvalue weighted by Crippen LogP contribution is 2.26. The molecule has 0 aromatic carbocycles. The molecule has 2 aliphatic heterocycles. The molecule has 0 spiro atoms. The highest BCUT2D eigenvalue weighted by atomic mass is 16.5. The van der Waals surface area contributed by atoms with Gasteiger partial charge in [-0.3, -0.25) is 9.69 Å². The summed E-state index contributed by atoms with van der Waals surface area (Å²) in [5.74, 6) is -0.753. The van der Waals surface area contributed by atoms with E-state index in [2.05, 4.69) is 10.2 Å². The number of likely N-dealkylation sites (tertiary alicyclic amines) is 1. The molecule has 5 heteroatoms. The molecule has 0 amide bonds. The van der Waals surface area contributed by atoms with Crippen molar-refractivity contribution in [2.24, 2.45) is 0 Å². The van der Waals surface area contributed by atoms with E-state index in [1.807, 2.05) is 6.92 Å². The van der Waals surface area contributed by atoms with Gasteiger partial charge in [0.25, 0.3) is 0 Å². The number of morpholine rings is 1. The van der Waals surface area contributed by atoms with Crippen LogP contribution in [0, 0.1) is 0 Å². The highest BCUT2D eigenvalue weighted by molar-refractivity contribution is 5.73. The fraction of sp³-hybridized carbons (Fsp3) is 0.917. The smallest absolute Gasteiger partial charge is 0.322 e. The molecule has 2 bridgehead atoms. The van der Waals surface area contributed by atoms with Crippen molar-refractivity contribution in [3.63, 3.8) is 0 Å². The molecule has 2 rings (SSSR count). The third-order valence-electron chi connectivity index (χ3n) is 3.50. The average Bonchev–Trinajstić information content (AvgIpc) is 2.63. The molecule has 2 aliphatic rings. The first-order chi connectivity index (χ1) is 8.19. The predicted octanol–water partition coefficient (Wildman–Crippen LogP) is 0.302. The van der Waals surface area contributed by atoms with Gasteiger partial charge < -0.3 is 15.2 Å². The molecule has 2 fully saturated rings. The van der Waals surface area contributed by atoms with E-state index in [-0.39, 0.29) is 0 Å². The van der Waals surface area contributed by atoms with E-state index in [0.717, 1.165) is 38.9 Å². The molecule has 17 heavy (non-hydrogen) atoms. The third-order valence-corrected chi connectivity index (χ3v) is 3.50.